The summed E-state index contributed by atoms with van der Waals surface area (Å²) < 4.78 is 0. The molecule has 0 radical (unpaired) electrons. The summed E-state index contributed by atoms with van der Waals surface area (Å²) >= 11 is 0. The molecule has 2 N–H and O–H groups in total. The van der Waals surface area contributed by atoms with Gasteiger partial charge in [-0.05, 0) is 13.0 Å². The van der Waals surface area contributed by atoms with Crippen LogP contribution in [0.4, 0.5) is 5.69 Å². The zero-order valence-corrected chi connectivity index (χ0v) is 7.56. The SMILES string of the molecule is CC(C#N)Nc1ccncc1C(=O)O. The predicted octanol–water partition coefficient (Wildman–Crippen LogP) is 1.10. The Morgan fingerprint density at radius 2 is 2.50 bits per heavy atom. The van der Waals surface area contributed by atoms with Gasteiger partial charge < -0.3 is 10.4 Å². The van der Waals surface area contributed by atoms with Gasteiger partial charge in [0.1, 0.15) is 11.6 Å². The number of hydrogen-bond donors (Lipinski definition) is 2. The summed E-state index contributed by atoms with van der Waals surface area (Å²) in [5.74, 6) is -1.06. The van der Waals surface area contributed by atoms with Crippen molar-refractivity contribution in [3.8, 4) is 6.07 Å². The van der Waals surface area contributed by atoms with Crippen molar-refractivity contribution >= 4 is 11.7 Å². The maximum absolute atomic E-state index is 10.7. The second kappa shape index (κ2) is 4.23. The molecule has 0 amide bonds. The van der Waals surface area contributed by atoms with E-state index < -0.39 is 12.0 Å². The summed E-state index contributed by atoms with van der Waals surface area (Å²) in [6, 6.07) is 3.05. The number of carboxylic acids is 1. The van der Waals surface area contributed by atoms with Gasteiger partial charge >= 0.3 is 5.97 Å². The fourth-order valence-corrected chi connectivity index (χ4v) is 0.956. The fraction of sp³-hybridized carbons (Fsp3) is 0.222. The number of nitriles is 1. The number of carboxylic acid groups (broad SMARTS) is 1. The highest BCUT2D eigenvalue weighted by Gasteiger charge is 2.10. The molecule has 0 fully saturated rings. The van der Waals surface area contributed by atoms with E-state index in [1.807, 2.05) is 6.07 Å². The Balaban J connectivity index is 2.97. The van der Waals surface area contributed by atoms with Crippen LogP contribution in [0.25, 0.3) is 0 Å². The van der Waals surface area contributed by atoms with Crippen LogP contribution >= 0.6 is 0 Å². The molecule has 0 aliphatic heterocycles. The number of aromatic carboxylic acids is 1. The van der Waals surface area contributed by atoms with Crippen molar-refractivity contribution in [2.75, 3.05) is 5.32 Å². The van der Waals surface area contributed by atoms with Crippen molar-refractivity contribution in [3.63, 3.8) is 0 Å². The number of carbonyl (C=O) groups is 1. The molecule has 1 rings (SSSR count). The van der Waals surface area contributed by atoms with Gasteiger partial charge in [-0.25, -0.2) is 4.79 Å². The van der Waals surface area contributed by atoms with Crippen molar-refractivity contribution < 1.29 is 9.90 Å². The smallest absolute Gasteiger partial charge is 0.339 e. The number of anilines is 1. The molecule has 14 heavy (non-hydrogen) atoms. The zero-order valence-electron chi connectivity index (χ0n) is 7.56. The number of aromatic nitrogens is 1. The number of rotatable bonds is 3. The molecule has 0 aliphatic carbocycles. The molecule has 1 aromatic rings. The second-order valence-corrected chi connectivity index (χ2v) is 2.72. The van der Waals surface area contributed by atoms with E-state index in [0.717, 1.165) is 0 Å². The summed E-state index contributed by atoms with van der Waals surface area (Å²) in [7, 11) is 0. The first-order valence-electron chi connectivity index (χ1n) is 3.98. The van der Waals surface area contributed by atoms with Crippen LogP contribution in [-0.4, -0.2) is 22.1 Å². The molecule has 1 heterocycles. The van der Waals surface area contributed by atoms with E-state index in [4.69, 9.17) is 10.4 Å². The van der Waals surface area contributed by atoms with E-state index in [9.17, 15) is 4.79 Å². The van der Waals surface area contributed by atoms with Crippen LogP contribution in [0, 0.1) is 11.3 Å². The van der Waals surface area contributed by atoms with Gasteiger partial charge in [0.2, 0.25) is 0 Å². The maximum Gasteiger partial charge on any atom is 0.339 e. The van der Waals surface area contributed by atoms with Crippen molar-refractivity contribution in [1.82, 2.24) is 4.98 Å². The van der Waals surface area contributed by atoms with Crippen LogP contribution in [0.3, 0.4) is 0 Å². The van der Waals surface area contributed by atoms with Gasteiger partial charge in [0, 0.05) is 12.4 Å². The molecule has 1 atom stereocenters. The van der Waals surface area contributed by atoms with Gasteiger partial charge in [0.25, 0.3) is 0 Å². The second-order valence-electron chi connectivity index (χ2n) is 2.72. The standard InChI is InChI=1S/C9H9N3O2/c1-6(4-10)12-8-2-3-11-5-7(8)9(13)14/h2-3,5-6H,1H3,(H,11,12)(H,13,14). The first kappa shape index (κ1) is 9.99. The number of hydrogen-bond acceptors (Lipinski definition) is 4. The maximum atomic E-state index is 10.7. The van der Waals surface area contributed by atoms with Crippen LogP contribution in [0.2, 0.25) is 0 Å². The summed E-state index contributed by atoms with van der Waals surface area (Å²) in [6.07, 6.45) is 2.72. The molecule has 0 spiro atoms. The van der Waals surface area contributed by atoms with Gasteiger partial charge in [-0.3, -0.25) is 4.98 Å². The molecule has 5 heteroatoms. The molecular weight excluding hydrogens is 182 g/mol. The minimum atomic E-state index is -1.06. The van der Waals surface area contributed by atoms with E-state index in [2.05, 4.69) is 10.3 Å². The van der Waals surface area contributed by atoms with Crippen molar-refractivity contribution in [1.29, 1.82) is 5.26 Å². The molecule has 0 aliphatic rings. The lowest BCUT2D eigenvalue weighted by Crippen LogP contribution is -2.15. The van der Waals surface area contributed by atoms with Crippen molar-refractivity contribution in [2.24, 2.45) is 0 Å². The lowest BCUT2D eigenvalue weighted by Gasteiger charge is -2.09. The summed E-state index contributed by atoms with van der Waals surface area (Å²) in [6.45, 7) is 1.64. The molecule has 0 saturated heterocycles. The van der Waals surface area contributed by atoms with Crippen LogP contribution in [0.5, 0.6) is 0 Å². The Kier molecular flexibility index (Phi) is 3.02. The Morgan fingerprint density at radius 3 is 3.07 bits per heavy atom. The lowest BCUT2D eigenvalue weighted by atomic mass is 10.2. The molecule has 1 unspecified atom stereocenters. The van der Waals surface area contributed by atoms with Crippen LogP contribution in [0.15, 0.2) is 18.5 Å². The number of nitrogens with zero attached hydrogens (tertiary/aromatic N) is 2. The third kappa shape index (κ3) is 2.20. The Hall–Kier alpha value is -2.09. The quantitative estimate of drug-likeness (QED) is 0.747. The van der Waals surface area contributed by atoms with Gasteiger partial charge in [0.05, 0.1) is 11.8 Å². The highest BCUT2D eigenvalue weighted by atomic mass is 16.4. The average Bonchev–Trinajstić information content (AvgIpc) is 2.18. The first-order valence-corrected chi connectivity index (χ1v) is 3.98. The topological polar surface area (TPSA) is 86.0 Å². The number of pyridine rings is 1. The average molecular weight is 191 g/mol. The molecule has 0 bridgehead atoms. The molecule has 72 valence electrons. The molecule has 0 saturated carbocycles. The van der Waals surface area contributed by atoms with E-state index in [1.165, 1.54) is 18.5 Å². The Bertz CT molecular complexity index is 384. The Labute approximate surface area is 81.0 Å². The van der Waals surface area contributed by atoms with Gasteiger partial charge in [-0.2, -0.15) is 5.26 Å². The van der Waals surface area contributed by atoms with E-state index in [0.29, 0.717) is 5.69 Å². The molecule has 5 nitrogen and oxygen atoms in total. The van der Waals surface area contributed by atoms with Gasteiger partial charge in [-0.1, -0.05) is 0 Å². The third-order valence-corrected chi connectivity index (χ3v) is 1.62. The largest absolute Gasteiger partial charge is 0.478 e. The van der Waals surface area contributed by atoms with Crippen LogP contribution in [-0.2, 0) is 0 Å². The molecule has 1 aromatic heterocycles. The molecule has 0 aromatic carbocycles. The lowest BCUT2D eigenvalue weighted by molar-refractivity contribution is 0.0697. The highest BCUT2D eigenvalue weighted by molar-refractivity contribution is 5.93. The van der Waals surface area contributed by atoms with Crippen molar-refractivity contribution in [2.45, 2.75) is 13.0 Å². The van der Waals surface area contributed by atoms with Gasteiger partial charge in [-0.15, -0.1) is 0 Å². The summed E-state index contributed by atoms with van der Waals surface area (Å²) in [5, 5.41) is 20.1. The summed E-state index contributed by atoms with van der Waals surface area (Å²) in [4.78, 5) is 14.4. The Morgan fingerprint density at radius 1 is 1.79 bits per heavy atom. The van der Waals surface area contributed by atoms with Crippen LogP contribution < -0.4 is 5.32 Å². The van der Waals surface area contributed by atoms with E-state index in [-0.39, 0.29) is 5.56 Å². The van der Waals surface area contributed by atoms with E-state index in [1.54, 1.807) is 6.92 Å². The summed E-state index contributed by atoms with van der Waals surface area (Å²) in [5.41, 5.74) is 0.469. The third-order valence-electron chi connectivity index (χ3n) is 1.62. The van der Waals surface area contributed by atoms with Crippen LogP contribution in [0.1, 0.15) is 17.3 Å². The highest BCUT2D eigenvalue weighted by Crippen LogP contribution is 2.14. The van der Waals surface area contributed by atoms with E-state index >= 15 is 0 Å². The van der Waals surface area contributed by atoms with Gasteiger partial charge in [0.15, 0.2) is 0 Å². The fourth-order valence-electron chi connectivity index (χ4n) is 0.956. The minimum Gasteiger partial charge on any atom is -0.478 e. The predicted molar refractivity (Wildman–Crippen MR) is 49.9 cm³/mol. The minimum absolute atomic E-state index is 0.0644. The normalized spacial score (nSPS) is 11.4. The monoisotopic (exact) mass is 191 g/mol. The van der Waals surface area contributed by atoms with Crippen molar-refractivity contribution in [3.05, 3.63) is 24.0 Å². The zero-order chi connectivity index (χ0) is 10.6. The number of nitrogens with one attached hydrogen (secondary N) is 1. The first-order chi connectivity index (χ1) is 6.65. The molecular formula is C9H9N3O2.